The summed E-state index contributed by atoms with van der Waals surface area (Å²) in [4.78, 5) is 109. The second-order valence-electron chi connectivity index (χ2n) is 26.5. The molecule has 0 bridgehead atoms. The first-order chi connectivity index (χ1) is 43.9. The van der Waals surface area contributed by atoms with Crippen molar-refractivity contribution in [1.82, 2.24) is 25.1 Å². The van der Waals surface area contributed by atoms with Gasteiger partial charge in [-0.25, -0.2) is 14.8 Å². The van der Waals surface area contributed by atoms with E-state index in [0.29, 0.717) is 50.3 Å². The number of ether oxygens (including phenoxy) is 5. The van der Waals surface area contributed by atoms with E-state index >= 15 is 0 Å². The van der Waals surface area contributed by atoms with Crippen LogP contribution in [-0.4, -0.2) is 129 Å². The zero-order valence-corrected chi connectivity index (χ0v) is 55.5. The first kappa shape index (κ1) is 69.7. The quantitative estimate of drug-likeness (QED) is 0.0592. The number of nitrogens with two attached hydrogens (primary N) is 1. The average Bonchev–Trinajstić information content (AvgIpc) is 1.62. The monoisotopic (exact) mass is 1310 g/mol. The normalized spacial score (nSPS) is 27.5. The standard InChI is InChI=1S/C39H47N3O7.C34H39N3O5.2ClH/c1-5-47-36(45)39-22-25(39)15-9-7-6-8-10-20-31(41-37(46)49-38(2,3)4)35(44)42-24-26(21-32(42)33(43)23-39)48-34-29-18-12-11-16-27(29)28-17-13-14-19-30(28)40-34;1-2-41-33(40)34-19-22(34)12-6-4-3-5-7-16-27(35)32(39)37-21-23(18-29(37)30(38)20-34)42-31-26-15-9-8-13-24(26)25-14-10-11-17-28(25)36-31;;/h9,11-19,25-26,31-32H,5-8,10,20-24H2,1-4H3,(H,41,46);6,8-15,17,22-23,27,29H,2-5,7,16,18-21,35H2,1H3;2*1H/b15-9-;12-6-;;/t25-,26-,31+,32+,39-;22-,23-,27+,29+,34-;;/m11../s1. The summed E-state index contributed by atoms with van der Waals surface area (Å²) in [7, 11) is 0. The van der Waals surface area contributed by atoms with Gasteiger partial charge in [-0.3, -0.25) is 28.8 Å². The molecule has 6 heterocycles. The van der Waals surface area contributed by atoms with Crippen LogP contribution in [0.15, 0.2) is 121 Å². The summed E-state index contributed by atoms with van der Waals surface area (Å²) >= 11 is 0. The van der Waals surface area contributed by atoms with Crippen molar-refractivity contribution >= 4 is 110 Å². The van der Waals surface area contributed by atoms with Crippen molar-refractivity contribution in [1.29, 1.82) is 0 Å². The summed E-state index contributed by atoms with van der Waals surface area (Å²) < 4.78 is 29.5. The second kappa shape index (κ2) is 30.2. The van der Waals surface area contributed by atoms with Crippen LogP contribution in [0.1, 0.15) is 137 Å². The van der Waals surface area contributed by atoms with Crippen LogP contribution in [0.4, 0.5) is 4.79 Å². The van der Waals surface area contributed by atoms with Crippen LogP contribution in [0, 0.1) is 22.7 Å². The van der Waals surface area contributed by atoms with Gasteiger partial charge in [0.1, 0.15) is 23.9 Å². The number of nitrogens with one attached hydrogen (secondary N) is 1. The third-order valence-corrected chi connectivity index (χ3v) is 18.9. The highest BCUT2D eigenvalue weighted by atomic mass is 35.5. The lowest BCUT2D eigenvalue weighted by Gasteiger charge is -2.30. The number of esters is 2. The molecule has 0 radical (unpaired) electrons. The maximum atomic E-state index is 14.4. The molecule has 3 N–H and O–H groups in total. The third-order valence-electron chi connectivity index (χ3n) is 18.9. The molecule has 6 aromatic rings. The fraction of sp³-hybridized carbons (Fsp3) is 0.493. The van der Waals surface area contributed by atoms with Crippen molar-refractivity contribution < 1.29 is 57.2 Å². The number of nitrogens with zero attached hydrogens (tertiary/aromatic N) is 4. The number of carbonyl (C=O) groups excluding carboxylic acids is 7. The number of benzene rings is 4. The summed E-state index contributed by atoms with van der Waals surface area (Å²) in [6.45, 7) is 9.69. The molecule has 2 aliphatic carbocycles. The number of allylic oxidation sites excluding steroid dienone is 4. The van der Waals surface area contributed by atoms with Crippen molar-refractivity contribution in [3.05, 3.63) is 121 Å². The molecule has 2 saturated heterocycles. The summed E-state index contributed by atoms with van der Waals surface area (Å²) in [5, 5.41) is 8.59. The first-order valence-corrected chi connectivity index (χ1v) is 32.9. The van der Waals surface area contributed by atoms with E-state index < -0.39 is 58.9 Å². The van der Waals surface area contributed by atoms with Crippen LogP contribution in [-0.2, 0) is 43.0 Å². The lowest BCUT2D eigenvalue weighted by molar-refractivity contribution is -0.153. The molecule has 496 valence electrons. The number of carbonyl (C=O) groups is 7. The fourth-order valence-electron chi connectivity index (χ4n) is 14.1. The number of pyridine rings is 2. The van der Waals surface area contributed by atoms with E-state index in [2.05, 4.69) is 29.6 Å². The van der Waals surface area contributed by atoms with Crippen LogP contribution in [0.5, 0.6) is 11.8 Å². The van der Waals surface area contributed by atoms with Gasteiger partial charge in [-0.15, -0.1) is 24.8 Å². The van der Waals surface area contributed by atoms with E-state index in [9.17, 15) is 33.6 Å². The van der Waals surface area contributed by atoms with Crippen LogP contribution in [0.2, 0.25) is 0 Å². The second-order valence-corrected chi connectivity index (χ2v) is 26.5. The molecule has 18 nitrogen and oxygen atoms in total. The molecule has 0 unspecified atom stereocenters. The largest absolute Gasteiger partial charge is 0.472 e. The minimum atomic E-state index is -0.943. The Bertz CT molecular complexity index is 3800. The van der Waals surface area contributed by atoms with Gasteiger partial charge in [0.25, 0.3) is 0 Å². The molecule has 4 aliphatic heterocycles. The minimum absolute atomic E-state index is 0. The zero-order valence-electron chi connectivity index (χ0n) is 53.9. The van der Waals surface area contributed by atoms with E-state index in [1.165, 1.54) is 0 Å². The number of fused-ring (bicyclic) bond motifs is 10. The SMILES string of the molecule is CCOC(=O)[C@]12CC(=O)[C@@H]3C[C@@H](Oc4nc5ccccc5c5ccccc45)CN3C(=O)[C@@H](N)CCCCC/C=C\[C@@H]1C2.CCOC(=O)[C@]12CC(=O)[C@@H]3C[C@@H](Oc4nc5ccccc5c5ccccc45)CN3C(=O)[C@@H](NC(=O)OC(C)(C)C)CCCCC/C=C\[C@@H]1C2.Cl.Cl. The Morgan fingerprint density at radius 2 is 0.989 bits per heavy atom. The lowest BCUT2D eigenvalue weighted by Crippen LogP contribution is -2.52. The Labute approximate surface area is 556 Å². The van der Waals surface area contributed by atoms with Gasteiger partial charge in [0, 0.05) is 47.2 Å². The Balaban J connectivity index is 0.000000217. The van der Waals surface area contributed by atoms with Gasteiger partial charge in [0.2, 0.25) is 23.6 Å². The summed E-state index contributed by atoms with van der Waals surface area (Å²) in [6, 6.07) is 28.5. The molecule has 3 amide bonds. The van der Waals surface area contributed by atoms with Crippen molar-refractivity contribution in [3.63, 3.8) is 0 Å². The first-order valence-electron chi connectivity index (χ1n) is 32.9. The number of rotatable bonds is 9. The van der Waals surface area contributed by atoms with Crippen LogP contribution >= 0.6 is 24.8 Å². The highest BCUT2D eigenvalue weighted by Gasteiger charge is 2.63. The highest BCUT2D eigenvalue weighted by molar-refractivity contribution is 6.09. The molecule has 20 heteroatoms. The molecule has 4 aromatic carbocycles. The maximum absolute atomic E-state index is 14.4. The Hall–Kier alpha value is -7.67. The van der Waals surface area contributed by atoms with Crippen LogP contribution < -0.4 is 20.5 Å². The number of hydrogen-bond donors (Lipinski definition) is 2. The number of alkyl carbamates (subject to hydrolysis) is 1. The number of ketones is 2. The van der Waals surface area contributed by atoms with E-state index in [0.717, 1.165) is 88.3 Å². The molecule has 4 fully saturated rings. The van der Waals surface area contributed by atoms with Crippen molar-refractivity contribution in [2.75, 3.05) is 26.3 Å². The molecule has 10 atom stereocenters. The van der Waals surface area contributed by atoms with Gasteiger partial charge < -0.3 is 44.5 Å². The Morgan fingerprint density at radius 3 is 1.44 bits per heavy atom. The smallest absolute Gasteiger partial charge is 0.408 e. The number of para-hydroxylation sites is 2. The average molecular weight is 1310 g/mol. The molecule has 12 rings (SSSR count). The summed E-state index contributed by atoms with van der Waals surface area (Å²) in [6.07, 6.45) is 16.3. The molecule has 2 saturated carbocycles. The van der Waals surface area contributed by atoms with Crippen LogP contribution in [0.25, 0.3) is 43.4 Å². The number of hydrogen-bond acceptors (Lipinski definition) is 15. The van der Waals surface area contributed by atoms with Gasteiger partial charge in [-0.05, 0) is 133 Å². The van der Waals surface area contributed by atoms with E-state index in [1.807, 2.05) is 97.1 Å². The highest BCUT2D eigenvalue weighted by Crippen LogP contribution is 2.59. The predicted octanol–water partition coefficient (Wildman–Crippen LogP) is 12.6. The fourth-order valence-corrected chi connectivity index (χ4v) is 14.1. The third kappa shape index (κ3) is 15.6. The van der Waals surface area contributed by atoms with E-state index in [4.69, 9.17) is 39.4 Å². The summed E-state index contributed by atoms with van der Waals surface area (Å²) in [5.74, 6) is -0.864. The van der Waals surface area contributed by atoms with Crippen molar-refractivity contribution in [3.8, 4) is 11.8 Å². The number of halogens is 2. The minimum Gasteiger partial charge on any atom is -0.472 e. The molecular formula is C73H88Cl2N6O12. The van der Waals surface area contributed by atoms with Gasteiger partial charge in [0.05, 0.1) is 66.3 Å². The molecule has 2 aromatic heterocycles. The number of Topliss-reactive ketones (excluding diaryl/α,β-unsaturated/α-hetero) is 2. The summed E-state index contributed by atoms with van der Waals surface area (Å²) in [5.41, 5.74) is 5.44. The van der Waals surface area contributed by atoms with E-state index in [1.54, 1.807) is 44.4 Å². The van der Waals surface area contributed by atoms with Gasteiger partial charge >= 0.3 is 18.0 Å². The van der Waals surface area contributed by atoms with Crippen LogP contribution in [0.3, 0.4) is 0 Å². The predicted molar refractivity (Wildman–Crippen MR) is 361 cm³/mol. The zero-order chi connectivity index (χ0) is 64.0. The number of aromatic nitrogens is 2. The van der Waals surface area contributed by atoms with Gasteiger partial charge in [0.15, 0.2) is 11.6 Å². The lowest BCUT2D eigenvalue weighted by atomic mass is 9.91. The molecule has 93 heavy (non-hydrogen) atoms. The molecule has 0 spiro atoms. The topological polar surface area (TPSA) is 236 Å². The Kier molecular flexibility index (Phi) is 22.6. The number of amides is 3. The molecular weight excluding hydrogens is 1220 g/mol. The van der Waals surface area contributed by atoms with Crippen molar-refractivity contribution in [2.45, 2.75) is 179 Å². The van der Waals surface area contributed by atoms with Gasteiger partial charge in [-0.1, -0.05) is 123 Å². The maximum Gasteiger partial charge on any atom is 0.408 e. The van der Waals surface area contributed by atoms with E-state index in [-0.39, 0.29) is 118 Å². The molecule has 6 aliphatic rings. The Morgan fingerprint density at radius 1 is 0.570 bits per heavy atom. The van der Waals surface area contributed by atoms with Gasteiger partial charge in [-0.2, -0.15) is 0 Å². The van der Waals surface area contributed by atoms with Crippen molar-refractivity contribution in [2.24, 2.45) is 28.4 Å².